The van der Waals surface area contributed by atoms with Crippen LogP contribution in [0.3, 0.4) is 0 Å². The highest BCUT2D eigenvalue weighted by Crippen LogP contribution is 2.33. The molecule has 2 rings (SSSR count). The largest absolute Gasteiger partial charge is 0.453 e. The van der Waals surface area contributed by atoms with E-state index in [1.807, 2.05) is 24.3 Å². The van der Waals surface area contributed by atoms with Gasteiger partial charge in [-0.2, -0.15) is 0 Å². The lowest BCUT2D eigenvalue weighted by Crippen LogP contribution is -2.26. The van der Waals surface area contributed by atoms with E-state index in [0.29, 0.717) is 13.0 Å². The SMILES string of the molecule is COC(=O)NCCC1C(=O)Nc2ccccc21. The van der Waals surface area contributed by atoms with E-state index >= 15 is 0 Å². The molecule has 1 aliphatic rings. The molecule has 5 heteroatoms. The van der Waals surface area contributed by atoms with Gasteiger partial charge in [-0.1, -0.05) is 18.2 Å². The van der Waals surface area contributed by atoms with Gasteiger partial charge < -0.3 is 15.4 Å². The molecule has 2 N–H and O–H groups in total. The van der Waals surface area contributed by atoms with Crippen LogP contribution in [-0.2, 0) is 9.53 Å². The molecule has 1 aliphatic heterocycles. The van der Waals surface area contributed by atoms with E-state index in [1.54, 1.807) is 0 Å². The van der Waals surface area contributed by atoms with Crippen molar-refractivity contribution in [2.75, 3.05) is 19.0 Å². The smallest absolute Gasteiger partial charge is 0.406 e. The zero-order valence-electron chi connectivity index (χ0n) is 9.53. The Morgan fingerprint density at radius 1 is 1.47 bits per heavy atom. The summed E-state index contributed by atoms with van der Waals surface area (Å²) in [6.07, 6.45) is 0.0921. The molecule has 0 aliphatic carbocycles. The molecule has 0 bridgehead atoms. The number of hydrogen-bond acceptors (Lipinski definition) is 3. The van der Waals surface area contributed by atoms with E-state index in [2.05, 4.69) is 15.4 Å². The molecule has 0 saturated carbocycles. The van der Waals surface area contributed by atoms with Gasteiger partial charge in [0.05, 0.1) is 13.0 Å². The average molecular weight is 234 g/mol. The first-order chi connectivity index (χ1) is 8.22. The van der Waals surface area contributed by atoms with Crippen LogP contribution < -0.4 is 10.6 Å². The fraction of sp³-hybridized carbons (Fsp3) is 0.333. The van der Waals surface area contributed by atoms with Crippen LogP contribution in [-0.4, -0.2) is 25.7 Å². The van der Waals surface area contributed by atoms with Crippen LogP contribution in [0.5, 0.6) is 0 Å². The Morgan fingerprint density at radius 2 is 2.24 bits per heavy atom. The molecule has 0 saturated heterocycles. The first kappa shape index (κ1) is 11.4. The summed E-state index contributed by atoms with van der Waals surface area (Å²) in [4.78, 5) is 22.6. The molecule has 0 spiro atoms. The molecule has 1 aromatic carbocycles. The number of methoxy groups -OCH3 is 1. The Bertz CT molecular complexity index is 445. The number of fused-ring (bicyclic) bond motifs is 1. The Balaban J connectivity index is 1.97. The zero-order valence-corrected chi connectivity index (χ0v) is 9.53. The van der Waals surface area contributed by atoms with Crippen molar-refractivity contribution in [3.8, 4) is 0 Å². The highest BCUT2D eigenvalue weighted by molar-refractivity contribution is 6.02. The van der Waals surface area contributed by atoms with Gasteiger partial charge in [-0.15, -0.1) is 0 Å². The third-order valence-corrected chi connectivity index (χ3v) is 2.80. The minimum Gasteiger partial charge on any atom is -0.453 e. The molecule has 0 fully saturated rings. The summed E-state index contributed by atoms with van der Waals surface area (Å²) >= 11 is 0. The van der Waals surface area contributed by atoms with Gasteiger partial charge in [0.2, 0.25) is 5.91 Å². The molecule has 90 valence electrons. The van der Waals surface area contributed by atoms with Crippen molar-refractivity contribution in [3.63, 3.8) is 0 Å². The predicted molar refractivity (Wildman–Crippen MR) is 62.8 cm³/mol. The van der Waals surface area contributed by atoms with Crippen LogP contribution in [0.25, 0.3) is 0 Å². The number of nitrogens with one attached hydrogen (secondary N) is 2. The summed E-state index contributed by atoms with van der Waals surface area (Å²) in [6, 6.07) is 7.59. The maximum Gasteiger partial charge on any atom is 0.406 e. The first-order valence-electron chi connectivity index (χ1n) is 5.44. The van der Waals surface area contributed by atoms with E-state index in [0.717, 1.165) is 11.3 Å². The van der Waals surface area contributed by atoms with Gasteiger partial charge in [-0.05, 0) is 18.1 Å². The number of amides is 2. The second kappa shape index (κ2) is 4.86. The highest BCUT2D eigenvalue weighted by Gasteiger charge is 2.29. The Labute approximate surface area is 99.2 Å². The average Bonchev–Trinajstić information content (AvgIpc) is 2.66. The van der Waals surface area contributed by atoms with Gasteiger partial charge in [0.25, 0.3) is 0 Å². The molecule has 5 nitrogen and oxygen atoms in total. The van der Waals surface area contributed by atoms with Crippen LogP contribution >= 0.6 is 0 Å². The summed E-state index contributed by atoms with van der Waals surface area (Å²) < 4.78 is 4.46. The molecule has 1 atom stereocenters. The summed E-state index contributed by atoms with van der Waals surface area (Å²) in [5.41, 5.74) is 1.85. The number of anilines is 1. The van der Waals surface area contributed by atoms with E-state index in [9.17, 15) is 9.59 Å². The number of ether oxygens (including phenoxy) is 1. The summed E-state index contributed by atoms with van der Waals surface area (Å²) in [6.45, 7) is 0.416. The molecule has 2 amide bonds. The number of carbonyl (C=O) groups is 2. The molecule has 1 aromatic rings. The van der Waals surface area contributed by atoms with Crippen molar-refractivity contribution in [1.29, 1.82) is 0 Å². The number of hydrogen-bond donors (Lipinski definition) is 2. The van der Waals surface area contributed by atoms with Crippen LogP contribution in [0.15, 0.2) is 24.3 Å². The Morgan fingerprint density at radius 3 is 3.00 bits per heavy atom. The third kappa shape index (κ3) is 2.38. The quantitative estimate of drug-likeness (QED) is 0.832. The minimum atomic E-state index is -0.475. The second-order valence-electron chi connectivity index (χ2n) is 3.84. The molecular formula is C12H14N2O3. The van der Waals surface area contributed by atoms with Crippen molar-refractivity contribution in [1.82, 2.24) is 5.32 Å². The monoisotopic (exact) mass is 234 g/mol. The summed E-state index contributed by atoms with van der Waals surface area (Å²) in [5.74, 6) is -0.207. The van der Waals surface area contributed by atoms with Crippen LogP contribution in [0.4, 0.5) is 10.5 Å². The predicted octanol–water partition coefficient (Wildman–Crippen LogP) is 1.47. The highest BCUT2D eigenvalue weighted by atomic mass is 16.5. The number of benzene rings is 1. The van der Waals surface area contributed by atoms with Crippen molar-refractivity contribution >= 4 is 17.7 Å². The number of rotatable bonds is 3. The van der Waals surface area contributed by atoms with Crippen LogP contribution in [0, 0.1) is 0 Å². The van der Waals surface area contributed by atoms with Gasteiger partial charge in [0.15, 0.2) is 0 Å². The van der Waals surface area contributed by atoms with Gasteiger partial charge in [0, 0.05) is 12.2 Å². The van der Waals surface area contributed by atoms with Crippen molar-refractivity contribution in [2.24, 2.45) is 0 Å². The molecule has 0 aromatic heterocycles. The fourth-order valence-corrected chi connectivity index (χ4v) is 1.95. The van der Waals surface area contributed by atoms with Crippen LogP contribution in [0.1, 0.15) is 17.9 Å². The molecule has 17 heavy (non-hydrogen) atoms. The molecule has 1 heterocycles. The Kier molecular flexibility index (Phi) is 3.27. The van der Waals surface area contributed by atoms with Gasteiger partial charge in [-0.3, -0.25) is 4.79 Å². The van der Waals surface area contributed by atoms with Gasteiger partial charge >= 0.3 is 6.09 Å². The zero-order chi connectivity index (χ0) is 12.3. The first-order valence-corrected chi connectivity index (χ1v) is 5.44. The Hall–Kier alpha value is -2.04. The normalized spacial score (nSPS) is 17.2. The lowest BCUT2D eigenvalue weighted by molar-refractivity contribution is -0.117. The van der Waals surface area contributed by atoms with Crippen LogP contribution in [0.2, 0.25) is 0 Å². The van der Waals surface area contributed by atoms with Crippen molar-refractivity contribution in [3.05, 3.63) is 29.8 Å². The number of carbonyl (C=O) groups excluding carboxylic acids is 2. The van der Waals surface area contributed by atoms with E-state index in [1.165, 1.54) is 7.11 Å². The van der Waals surface area contributed by atoms with Crippen molar-refractivity contribution in [2.45, 2.75) is 12.3 Å². The number of para-hydroxylation sites is 1. The summed E-state index contributed by atoms with van der Waals surface area (Å²) in [7, 11) is 1.31. The van der Waals surface area contributed by atoms with Gasteiger partial charge in [0.1, 0.15) is 0 Å². The minimum absolute atomic E-state index is 0.0159. The lowest BCUT2D eigenvalue weighted by atomic mass is 9.97. The lowest BCUT2D eigenvalue weighted by Gasteiger charge is -2.08. The summed E-state index contributed by atoms with van der Waals surface area (Å²) in [5, 5.41) is 5.39. The van der Waals surface area contributed by atoms with Crippen molar-refractivity contribution < 1.29 is 14.3 Å². The third-order valence-electron chi connectivity index (χ3n) is 2.80. The second-order valence-corrected chi connectivity index (χ2v) is 3.84. The molecule has 0 radical (unpaired) electrons. The maximum atomic E-state index is 11.7. The fourth-order valence-electron chi connectivity index (χ4n) is 1.95. The maximum absolute atomic E-state index is 11.7. The van der Waals surface area contributed by atoms with E-state index < -0.39 is 6.09 Å². The standard InChI is InChI=1S/C12H14N2O3/c1-17-12(16)13-7-6-9-8-4-2-3-5-10(8)14-11(9)15/h2-5,9H,6-7H2,1H3,(H,13,16)(H,14,15). The number of alkyl carbamates (subject to hydrolysis) is 1. The van der Waals surface area contributed by atoms with E-state index in [4.69, 9.17) is 0 Å². The molecular weight excluding hydrogens is 220 g/mol. The topological polar surface area (TPSA) is 67.4 Å². The molecule has 1 unspecified atom stereocenters. The van der Waals surface area contributed by atoms with Gasteiger partial charge in [-0.25, -0.2) is 4.79 Å². The van der Waals surface area contributed by atoms with E-state index in [-0.39, 0.29) is 11.8 Å².